The normalized spacial score (nSPS) is 11.9. The monoisotopic (exact) mass is 205 g/mol. The van der Waals surface area contributed by atoms with Gasteiger partial charge < -0.3 is 5.73 Å². The molecule has 0 saturated heterocycles. The SMILES string of the molecule is CC[C@@H](N)c1cccc(Cl)c1.Cl. The van der Waals surface area contributed by atoms with Crippen LogP contribution in [0, 0.1) is 0 Å². The minimum atomic E-state index is 0. The van der Waals surface area contributed by atoms with Gasteiger partial charge in [-0.25, -0.2) is 0 Å². The zero-order valence-electron chi connectivity index (χ0n) is 6.96. The molecule has 2 N–H and O–H groups in total. The number of benzene rings is 1. The molecule has 0 aliphatic rings. The molecule has 1 aromatic rings. The molecule has 0 spiro atoms. The molecule has 1 atom stereocenters. The first-order valence-corrected chi connectivity index (χ1v) is 4.13. The van der Waals surface area contributed by atoms with Crippen molar-refractivity contribution in [3.8, 4) is 0 Å². The largest absolute Gasteiger partial charge is 0.324 e. The van der Waals surface area contributed by atoms with Gasteiger partial charge in [-0.3, -0.25) is 0 Å². The molecule has 0 aliphatic heterocycles. The summed E-state index contributed by atoms with van der Waals surface area (Å²) in [5.41, 5.74) is 6.92. The van der Waals surface area contributed by atoms with Crippen molar-refractivity contribution in [3.63, 3.8) is 0 Å². The maximum absolute atomic E-state index is 5.80. The highest BCUT2D eigenvalue weighted by molar-refractivity contribution is 6.30. The van der Waals surface area contributed by atoms with Crippen LogP contribution in [0.3, 0.4) is 0 Å². The van der Waals surface area contributed by atoms with Crippen LogP contribution in [0.1, 0.15) is 24.9 Å². The van der Waals surface area contributed by atoms with Gasteiger partial charge in [-0.1, -0.05) is 30.7 Å². The fourth-order valence-electron chi connectivity index (χ4n) is 0.973. The van der Waals surface area contributed by atoms with E-state index in [9.17, 15) is 0 Å². The Bertz CT molecular complexity index is 238. The third-order valence-electron chi connectivity index (χ3n) is 1.72. The molecule has 0 unspecified atom stereocenters. The van der Waals surface area contributed by atoms with Crippen molar-refractivity contribution in [1.29, 1.82) is 0 Å². The molecule has 0 aromatic heterocycles. The number of hydrogen-bond acceptors (Lipinski definition) is 1. The Hall–Kier alpha value is -0.240. The summed E-state index contributed by atoms with van der Waals surface area (Å²) in [6.45, 7) is 2.06. The lowest BCUT2D eigenvalue weighted by Gasteiger charge is -2.08. The zero-order valence-corrected chi connectivity index (χ0v) is 8.53. The lowest BCUT2D eigenvalue weighted by atomic mass is 10.1. The van der Waals surface area contributed by atoms with E-state index in [0.717, 1.165) is 17.0 Å². The van der Waals surface area contributed by atoms with Gasteiger partial charge in [-0.2, -0.15) is 0 Å². The van der Waals surface area contributed by atoms with Crippen LogP contribution < -0.4 is 5.73 Å². The molecule has 0 bridgehead atoms. The predicted molar refractivity (Wildman–Crippen MR) is 55.9 cm³/mol. The van der Waals surface area contributed by atoms with E-state index < -0.39 is 0 Å². The molecule has 1 rings (SSSR count). The molecule has 0 heterocycles. The quantitative estimate of drug-likeness (QED) is 0.790. The number of halogens is 2. The van der Waals surface area contributed by atoms with Gasteiger partial charge in [0.1, 0.15) is 0 Å². The maximum atomic E-state index is 5.80. The van der Waals surface area contributed by atoms with E-state index in [-0.39, 0.29) is 18.4 Å². The van der Waals surface area contributed by atoms with E-state index in [4.69, 9.17) is 17.3 Å². The lowest BCUT2D eigenvalue weighted by molar-refractivity contribution is 0.699. The molecule has 68 valence electrons. The van der Waals surface area contributed by atoms with Crippen LogP contribution in [0.2, 0.25) is 5.02 Å². The van der Waals surface area contributed by atoms with Crippen LogP contribution in [0.25, 0.3) is 0 Å². The van der Waals surface area contributed by atoms with Crippen molar-refractivity contribution < 1.29 is 0 Å². The van der Waals surface area contributed by atoms with Crippen molar-refractivity contribution in [2.24, 2.45) is 5.73 Å². The molecule has 1 aromatic carbocycles. The topological polar surface area (TPSA) is 26.0 Å². The molecule has 0 saturated carbocycles. The van der Waals surface area contributed by atoms with Crippen molar-refractivity contribution in [2.75, 3.05) is 0 Å². The molecule has 12 heavy (non-hydrogen) atoms. The third-order valence-corrected chi connectivity index (χ3v) is 1.95. The predicted octanol–water partition coefficient (Wildman–Crippen LogP) is 3.17. The van der Waals surface area contributed by atoms with Crippen LogP contribution in [0.5, 0.6) is 0 Å². The molecule has 0 amide bonds. The van der Waals surface area contributed by atoms with E-state index in [0.29, 0.717) is 0 Å². The van der Waals surface area contributed by atoms with Crippen LogP contribution in [-0.2, 0) is 0 Å². The summed E-state index contributed by atoms with van der Waals surface area (Å²) in [5, 5.41) is 0.756. The Labute approximate surface area is 84.3 Å². The fraction of sp³-hybridized carbons (Fsp3) is 0.333. The average molecular weight is 206 g/mol. The van der Waals surface area contributed by atoms with E-state index in [1.54, 1.807) is 0 Å². The van der Waals surface area contributed by atoms with Crippen LogP contribution in [-0.4, -0.2) is 0 Å². The first-order chi connectivity index (χ1) is 5.24. The highest BCUT2D eigenvalue weighted by atomic mass is 35.5. The first kappa shape index (κ1) is 11.8. The summed E-state index contributed by atoms with van der Waals surface area (Å²) in [5.74, 6) is 0. The Kier molecular flexibility index (Phi) is 5.31. The van der Waals surface area contributed by atoms with Crippen LogP contribution in [0.4, 0.5) is 0 Å². The number of hydrogen-bond donors (Lipinski definition) is 1. The van der Waals surface area contributed by atoms with Gasteiger partial charge in [0.2, 0.25) is 0 Å². The molecule has 0 aliphatic carbocycles. The Morgan fingerprint density at radius 3 is 2.67 bits per heavy atom. The Morgan fingerprint density at radius 1 is 1.50 bits per heavy atom. The summed E-state index contributed by atoms with van der Waals surface area (Å²) in [6, 6.07) is 7.81. The molecule has 1 nitrogen and oxygen atoms in total. The summed E-state index contributed by atoms with van der Waals surface area (Å²) in [7, 11) is 0. The summed E-state index contributed by atoms with van der Waals surface area (Å²) in [6.07, 6.45) is 0.945. The number of rotatable bonds is 2. The van der Waals surface area contributed by atoms with E-state index in [2.05, 4.69) is 6.92 Å². The lowest BCUT2D eigenvalue weighted by Crippen LogP contribution is -2.07. The fourth-order valence-corrected chi connectivity index (χ4v) is 1.17. The van der Waals surface area contributed by atoms with Gasteiger partial charge >= 0.3 is 0 Å². The Morgan fingerprint density at radius 2 is 2.17 bits per heavy atom. The van der Waals surface area contributed by atoms with E-state index in [1.165, 1.54) is 0 Å². The maximum Gasteiger partial charge on any atom is 0.0409 e. The summed E-state index contributed by atoms with van der Waals surface area (Å²) >= 11 is 5.79. The molecule has 0 radical (unpaired) electrons. The zero-order chi connectivity index (χ0) is 8.27. The standard InChI is InChI=1S/C9H12ClN.ClH/c1-2-9(11)7-4-3-5-8(10)6-7;/h3-6,9H,2,11H2,1H3;1H/t9-;/m1./s1. The molecule has 3 heteroatoms. The van der Waals surface area contributed by atoms with Gasteiger partial charge in [0.15, 0.2) is 0 Å². The van der Waals surface area contributed by atoms with Crippen molar-refractivity contribution in [1.82, 2.24) is 0 Å². The van der Waals surface area contributed by atoms with E-state index in [1.807, 2.05) is 24.3 Å². The Balaban J connectivity index is 0.00000121. The summed E-state index contributed by atoms with van der Waals surface area (Å²) < 4.78 is 0. The third kappa shape index (κ3) is 3.02. The number of nitrogens with two attached hydrogens (primary N) is 1. The smallest absolute Gasteiger partial charge is 0.0409 e. The second-order valence-corrected chi connectivity index (χ2v) is 3.01. The van der Waals surface area contributed by atoms with Crippen molar-refractivity contribution in [2.45, 2.75) is 19.4 Å². The highest BCUT2D eigenvalue weighted by Crippen LogP contribution is 2.17. The minimum Gasteiger partial charge on any atom is -0.324 e. The van der Waals surface area contributed by atoms with E-state index >= 15 is 0 Å². The van der Waals surface area contributed by atoms with Gasteiger partial charge in [0.05, 0.1) is 0 Å². The highest BCUT2D eigenvalue weighted by Gasteiger charge is 2.01. The van der Waals surface area contributed by atoms with Gasteiger partial charge in [-0.15, -0.1) is 12.4 Å². The second-order valence-electron chi connectivity index (χ2n) is 2.57. The van der Waals surface area contributed by atoms with Gasteiger partial charge in [0.25, 0.3) is 0 Å². The first-order valence-electron chi connectivity index (χ1n) is 3.75. The van der Waals surface area contributed by atoms with Crippen molar-refractivity contribution >= 4 is 24.0 Å². The molecular formula is C9H13Cl2N. The van der Waals surface area contributed by atoms with Gasteiger partial charge in [-0.05, 0) is 24.1 Å². The molecule has 0 fully saturated rings. The van der Waals surface area contributed by atoms with Gasteiger partial charge in [0, 0.05) is 11.1 Å². The second kappa shape index (κ2) is 5.41. The molecular weight excluding hydrogens is 193 g/mol. The average Bonchev–Trinajstić information content (AvgIpc) is 2.03. The van der Waals surface area contributed by atoms with Crippen LogP contribution in [0.15, 0.2) is 24.3 Å². The summed E-state index contributed by atoms with van der Waals surface area (Å²) in [4.78, 5) is 0. The minimum absolute atomic E-state index is 0. The van der Waals surface area contributed by atoms with Crippen molar-refractivity contribution in [3.05, 3.63) is 34.9 Å². The van der Waals surface area contributed by atoms with Crippen LogP contribution >= 0.6 is 24.0 Å².